The van der Waals surface area contributed by atoms with E-state index in [0.29, 0.717) is 18.6 Å². The van der Waals surface area contributed by atoms with Crippen LogP contribution in [0.5, 0.6) is 11.6 Å². The summed E-state index contributed by atoms with van der Waals surface area (Å²) in [5.41, 5.74) is 3.18. The zero-order chi connectivity index (χ0) is 23.0. The number of aliphatic hydroxyl groups excluding tert-OH is 1. The van der Waals surface area contributed by atoms with Gasteiger partial charge in [0.15, 0.2) is 0 Å². The molecule has 180 valence electrons. The van der Waals surface area contributed by atoms with Gasteiger partial charge in [-0.15, -0.1) is 5.10 Å². The van der Waals surface area contributed by atoms with Crippen molar-refractivity contribution < 1.29 is 14.6 Å². The van der Waals surface area contributed by atoms with Gasteiger partial charge in [-0.05, 0) is 69.7 Å². The van der Waals surface area contributed by atoms with Crippen LogP contribution in [-0.4, -0.2) is 59.2 Å². The fourth-order valence-corrected chi connectivity index (χ4v) is 4.89. The zero-order valence-electron chi connectivity index (χ0n) is 20.2. The summed E-state index contributed by atoms with van der Waals surface area (Å²) in [6.45, 7) is 4.39. The number of ether oxygens (including phenoxy) is 2. The lowest BCUT2D eigenvalue weighted by atomic mass is 9.96. The average molecular weight is 454 g/mol. The molecule has 6 heteroatoms. The van der Waals surface area contributed by atoms with Crippen LogP contribution in [0.3, 0.4) is 0 Å². The van der Waals surface area contributed by atoms with Gasteiger partial charge in [-0.2, -0.15) is 5.10 Å². The summed E-state index contributed by atoms with van der Waals surface area (Å²) in [7, 11) is 2.08. The Labute approximate surface area is 198 Å². The molecular formula is C27H39N3O3. The van der Waals surface area contributed by atoms with Crippen molar-refractivity contribution >= 4 is 0 Å². The molecule has 1 aromatic heterocycles. The zero-order valence-corrected chi connectivity index (χ0v) is 20.2. The second kappa shape index (κ2) is 11.8. The molecular weight excluding hydrogens is 414 g/mol. The number of aromatic nitrogens is 2. The van der Waals surface area contributed by atoms with E-state index < -0.39 is 0 Å². The molecule has 1 aromatic carbocycles. The van der Waals surface area contributed by atoms with Gasteiger partial charge in [0, 0.05) is 30.6 Å². The Morgan fingerprint density at radius 3 is 2.61 bits per heavy atom. The number of hydrogen-bond acceptors (Lipinski definition) is 6. The number of hydrogen-bond donors (Lipinski definition) is 1. The predicted molar refractivity (Wildman–Crippen MR) is 131 cm³/mol. The summed E-state index contributed by atoms with van der Waals surface area (Å²) >= 11 is 0. The van der Waals surface area contributed by atoms with Crippen LogP contribution in [0.4, 0.5) is 0 Å². The van der Waals surface area contributed by atoms with Crippen LogP contribution in [0.2, 0.25) is 0 Å². The Balaban J connectivity index is 1.47. The predicted octanol–water partition coefficient (Wildman–Crippen LogP) is 4.89. The molecule has 1 N–H and O–H groups in total. The number of unbranched alkanes of at least 4 members (excludes halogenated alkanes) is 1. The SMILES string of the molecule is CCCCc1nnc(OC[C@@H]2CN(C)CC[C@@H]2O)cc1-c1ccc(OC2CCCCC2)cc1. The van der Waals surface area contributed by atoms with E-state index >= 15 is 0 Å². The molecule has 0 amide bonds. The van der Waals surface area contributed by atoms with Crippen molar-refractivity contribution in [1.82, 2.24) is 15.1 Å². The van der Waals surface area contributed by atoms with Gasteiger partial charge in [0.2, 0.25) is 5.88 Å². The van der Waals surface area contributed by atoms with Crippen LogP contribution in [-0.2, 0) is 6.42 Å². The summed E-state index contributed by atoms with van der Waals surface area (Å²) in [4.78, 5) is 2.24. The lowest BCUT2D eigenvalue weighted by Gasteiger charge is -2.33. The minimum atomic E-state index is -0.325. The molecule has 2 atom stereocenters. The molecule has 0 radical (unpaired) electrons. The van der Waals surface area contributed by atoms with Crippen molar-refractivity contribution in [3.8, 4) is 22.8 Å². The highest BCUT2D eigenvalue weighted by Crippen LogP contribution is 2.30. The molecule has 6 nitrogen and oxygen atoms in total. The van der Waals surface area contributed by atoms with Crippen LogP contribution < -0.4 is 9.47 Å². The Morgan fingerprint density at radius 1 is 1.06 bits per heavy atom. The maximum atomic E-state index is 10.3. The third-order valence-corrected chi connectivity index (χ3v) is 6.98. The minimum absolute atomic E-state index is 0.0880. The molecule has 4 rings (SSSR count). The van der Waals surface area contributed by atoms with Crippen molar-refractivity contribution in [3.05, 3.63) is 36.0 Å². The molecule has 1 saturated heterocycles. The summed E-state index contributed by atoms with van der Waals surface area (Å²) in [5.74, 6) is 1.55. The first kappa shape index (κ1) is 24.0. The molecule has 2 fully saturated rings. The van der Waals surface area contributed by atoms with Crippen molar-refractivity contribution in [1.29, 1.82) is 0 Å². The number of aryl methyl sites for hydroxylation is 1. The molecule has 2 aromatic rings. The van der Waals surface area contributed by atoms with Crippen LogP contribution in [0.1, 0.15) is 64.0 Å². The standard InChI is InChI=1S/C27H39N3O3/c1-3-4-10-25-24(20-11-13-23(14-12-20)33-22-8-6-5-7-9-22)17-27(29-28-25)32-19-21-18-30(2)16-15-26(21)31/h11-14,17,21-22,26,31H,3-10,15-16,18-19H2,1-2H3/t21-,26-/m0/s1. The topological polar surface area (TPSA) is 67.7 Å². The highest BCUT2D eigenvalue weighted by molar-refractivity contribution is 5.67. The van der Waals surface area contributed by atoms with E-state index in [2.05, 4.69) is 53.3 Å². The summed E-state index contributed by atoms with van der Waals surface area (Å²) in [5, 5.41) is 19.2. The van der Waals surface area contributed by atoms with E-state index in [1.807, 2.05) is 6.07 Å². The van der Waals surface area contributed by atoms with Gasteiger partial charge in [0.05, 0.1) is 24.5 Å². The highest BCUT2D eigenvalue weighted by atomic mass is 16.5. The first-order valence-electron chi connectivity index (χ1n) is 12.8. The second-order valence-corrected chi connectivity index (χ2v) is 9.74. The fourth-order valence-electron chi connectivity index (χ4n) is 4.89. The molecule has 1 aliphatic heterocycles. The first-order valence-corrected chi connectivity index (χ1v) is 12.8. The van der Waals surface area contributed by atoms with Gasteiger partial charge >= 0.3 is 0 Å². The minimum Gasteiger partial charge on any atom is -0.490 e. The Morgan fingerprint density at radius 2 is 1.85 bits per heavy atom. The summed E-state index contributed by atoms with van der Waals surface area (Å²) < 4.78 is 12.2. The molecule has 1 saturated carbocycles. The maximum Gasteiger partial charge on any atom is 0.234 e. The van der Waals surface area contributed by atoms with E-state index in [1.54, 1.807) is 0 Å². The van der Waals surface area contributed by atoms with Gasteiger partial charge < -0.3 is 19.5 Å². The Bertz CT molecular complexity index is 867. The Hall–Kier alpha value is -2.18. The molecule has 0 bridgehead atoms. The summed E-state index contributed by atoms with van der Waals surface area (Å²) in [6.07, 6.45) is 10.1. The number of rotatable bonds is 9. The molecule has 0 spiro atoms. The molecule has 2 heterocycles. The van der Waals surface area contributed by atoms with Gasteiger partial charge in [0.25, 0.3) is 0 Å². The number of benzene rings is 1. The van der Waals surface area contributed by atoms with Gasteiger partial charge in [-0.1, -0.05) is 31.9 Å². The van der Waals surface area contributed by atoms with Gasteiger partial charge in [0.1, 0.15) is 5.75 Å². The molecule has 1 aliphatic carbocycles. The molecule has 0 unspecified atom stereocenters. The number of aliphatic hydroxyl groups is 1. The number of piperidine rings is 1. The van der Waals surface area contributed by atoms with Crippen LogP contribution in [0.15, 0.2) is 30.3 Å². The first-order chi connectivity index (χ1) is 16.1. The molecule has 2 aliphatic rings. The lowest BCUT2D eigenvalue weighted by Crippen LogP contribution is -2.43. The van der Waals surface area contributed by atoms with E-state index in [4.69, 9.17) is 9.47 Å². The van der Waals surface area contributed by atoms with E-state index in [0.717, 1.165) is 74.2 Å². The Kier molecular flexibility index (Phi) is 8.57. The largest absolute Gasteiger partial charge is 0.490 e. The average Bonchev–Trinajstić information content (AvgIpc) is 2.85. The third kappa shape index (κ3) is 6.67. The maximum absolute atomic E-state index is 10.3. The highest BCUT2D eigenvalue weighted by Gasteiger charge is 2.27. The van der Waals surface area contributed by atoms with E-state index in [1.165, 1.54) is 19.3 Å². The van der Waals surface area contributed by atoms with Crippen molar-refractivity contribution in [2.75, 3.05) is 26.7 Å². The second-order valence-electron chi connectivity index (χ2n) is 9.74. The fraction of sp³-hybridized carbons (Fsp3) is 0.630. The van der Waals surface area contributed by atoms with Crippen molar-refractivity contribution in [3.63, 3.8) is 0 Å². The lowest BCUT2D eigenvalue weighted by molar-refractivity contribution is 0.0127. The van der Waals surface area contributed by atoms with Crippen LogP contribution in [0, 0.1) is 5.92 Å². The van der Waals surface area contributed by atoms with E-state index in [9.17, 15) is 5.11 Å². The van der Waals surface area contributed by atoms with E-state index in [-0.39, 0.29) is 12.0 Å². The summed E-state index contributed by atoms with van der Waals surface area (Å²) in [6, 6.07) is 10.4. The van der Waals surface area contributed by atoms with Crippen LogP contribution >= 0.6 is 0 Å². The van der Waals surface area contributed by atoms with Crippen molar-refractivity contribution in [2.24, 2.45) is 5.92 Å². The smallest absolute Gasteiger partial charge is 0.234 e. The van der Waals surface area contributed by atoms with Gasteiger partial charge in [-0.25, -0.2) is 0 Å². The molecule has 33 heavy (non-hydrogen) atoms. The number of likely N-dealkylation sites (tertiary alicyclic amines) is 1. The normalized spacial score (nSPS) is 22.3. The van der Waals surface area contributed by atoms with Crippen LogP contribution in [0.25, 0.3) is 11.1 Å². The third-order valence-electron chi connectivity index (χ3n) is 6.98. The van der Waals surface area contributed by atoms with Crippen molar-refractivity contribution in [2.45, 2.75) is 76.9 Å². The monoisotopic (exact) mass is 453 g/mol. The van der Waals surface area contributed by atoms with Gasteiger partial charge in [-0.3, -0.25) is 0 Å². The quantitative estimate of drug-likeness (QED) is 0.583. The number of nitrogens with zero attached hydrogens (tertiary/aromatic N) is 3.